The van der Waals surface area contributed by atoms with E-state index in [1.807, 2.05) is 54.8 Å². The van der Waals surface area contributed by atoms with Gasteiger partial charge < -0.3 is 50.5 Å². The summed E-state index contributed by atoms with van der Waals surface area (Å²) in [5.41, 5.74) is 10.3. The van der Waals surface area contributed by atoms with Gasteiger partial charge in [0.15, 0.2) is 0 Å². The highest BCUT2D eigenvalue weighted by atomic mass is 32.2. The Balaban J connectivity index is 0.922. The smallest absolute Gasteiger partial charge is 0.274 e. The first-order chi connectivity index (χ1) is 31.0. The number of aryl methyl sites for hydroxylation is 1. The zero-order valence-corrected chi connectivity index (χ0v) is 36.6. The first-order valence-corrected chi connectivity index (χ1v) is 22.7. The van der Waals surface area contributed by atoms with Crippen LogP contribution in [0, 0.1) is 0 Å². The second kappa shape index (κ2) is 19.4. The van der Waals surface area contributed by atoms with Crippen LogP contribution in [0.1, 0.15) is 68.9 Å². The van der Waals surface area contributed by atoms with Crippen molar-refractivity contribution >= 4 is 63.8 Å². The molecular formula is C46H52N10O7S. The Bertz CT molecular complexity index is 2660. The molecule has 64 heavy (non-hydrogen) atoms. The number of imide groups is 1. The highest BCUT2D eigenvalue weighted by Crippen LogP contribution is 2.41. The van der Waals surface area contributed by atoms with Crippen molar-refractivity contribution in [1.82, 2.24) is 35.3 Å². The van der Waals surface area contributed by atoms with Gasteiger partial charge in [0.05, 0.1) is 11.3 Å². The van der Waals surface area contributed by atoms with Gasteiger partial charge in [-0.3, -0.25) is 34.1 Å². The number of anilines is 2. The lowest BCUT2D eigenvalue weighted by molar-refractivity contribution is -0.136. The molecule has 2 aromatic heterocycles. The van der Waals surface area contributed by atoms with Crippen LogP contribution < -0.4 is 42.0 Å². The van der Waals surface area contributed by atoms with Crippen LogP contribution in [-0.2, 0) is 23.2 Å². The Morgan fingerprint density at radius 3 is 2.42 bits per heavy atom. The molecule has 1 atom stereocenters. The molecule has 8 rings (SSSR count). The largest absolute Gasteiger partial charge is 0.457 e. The highest BCUT2D eigenvalue weighted by molar-refractivity contribution is 7.99. The van der Waals surface area contributed by atoms with Crippen LogP contribution in [0.25, 0.3) is 22.0 Å². The fourth-order valence-electron chi connectivity index (χ4n) is 8.67. The Kier molecular flexibility index (Phi) is 13.3. The molecule has 18 heteroatoms. The Hall–Kier alpha value is -6.63. The van der Waals surface area contributed by atoms with Crippen molar-refractivity contribution in [3.8, 4) is 22.6 Å². The number of hydrogen-bond donors (Lipinski definition) is 7. The minimum absolute atomic E-state index is 0.189. The maximum Gasteiger partial charge on any atom is 0.274 e. The molecule has 3 aliphatic rings. The third-order valence-electron chi connectivity index (χ3n) is 11.9. The van der Waals surface area contributed by atoms with Crippen molar-refractivity contribution in [1.29, 1.82) is 0 Å². The molecule has 5 amide bonds. The van der Waals surface area contributed by atoms with E-state index in [0.29, 0.717) is 64.3 Å². The number of ether oxygens (including phenoxy) is 1. The average molecular weight is 889 g/mol. The quantitative estimate of drug-likeness (QED) is 0.0422. The molecule has 0 spiro atoms. The third kappa shape index (κ3) is 9.34. The lowest BCUT2D eigenvalue weighted by Gasteiger charge is -2.33. The lowest BCUT2D eigenvalue weighted by atomic mass is 9.99. The summed E-state index contributed by atoms with van der Waals surface area (Å²) in [5, 5.41) is 12.4. The van der Waals surface area contributed by atoms with Crippen molar-refractivity contribution < 1.29 is 28.7 Å². The number of nitrogens with zero attached hydrogens (tertiary/aromatic N) is 3. The molecule has 0 bridgehead atoms. The van der Waals surface area contributed by atoms with Gasteiger partial charge in [0.2, 0.25) is 11.8 Å². The second-order valence-corrected chi connectivity index (χ2v) is 16.8. The minimum atomic E-state index is -0.659. The zero-order valence-electron chi connectivity index (χ0n) is 35.8. The monoisotopic (exact) mass is 888 g/mol. The predicted molar refractivity (Wildman–Crippen MR) is 247 cm³/mol. The third-order valence-corrected chi connectivity index (χ3v) is 12.4. The number of likely N-dealkylation sites (tertiary alicyclic amines) is 1. The molecule has 1 unspecified atom stereocenters. The van der Waals surface area contributed by atoms with E-state index in [2.05, 4.69) is 35.9 Å². The summed E-state index contributed by atoms with van der Waals surface area (Å²) in [6.45, 7) is 3.84. The van der Waals surface area contributed by atoms with E-state index in [-0.39, 0.29) is 66.0 Å². The fourth-order valence-corrected chi connectivity index (χ4v) is 9.05. The van der Waals surface area contributed by atoms with Crippen LogP contribution in [0.3, 0.4) is 0 Å². The number of fused-ring (bicyclic) bond motifs is 2. The zero-order chi connectivity index (χ0) is 44.9. The molecule has 17 nitrogen and oxygen atoms in total. The molecule has 8 N–H and O–H groups in total. The first-order valence-electron chi connectivity index (χ1n) is 21.5. The van der Waals surface area contributed by atoms with Crippen LogP contribution in [0.15, 0.2) is 77.7 Å². The Morgan fingerprint density at radius 1 is 0.891 bits per heavy atom. The van der Waals surface area contributed by atoms with E-state index in [0.717, 1.165) is 50.1 Å². The van der Waals surface area contributed by atoms with E-state index in [4.69, 9.17) is 10.5 Å². The van der Waals surface area contributed by atoms with Gasteiger partial charge in [0, 0.05) is 105 Å². The Morgan fingerprint density at radius 2 is 1.67 bits per heavy atom. The van der Waals surface area contributed by atoms with Gasteiger partial charge in [0.25, 0.3) is 23.3 Å². The maximum atomic E-state index is 14.0. The van der Waals surface area contributed by atoms with Gasteiger partial charge in [-0.25, -0.2) is 0 Å². The molecular weight excluding hydrogens is 837 g/mol. The van der Waals surface area contributed by atoms with Crippen molar-refractivity contribution in [3.05, 3.63) is 106 Å². The topological polar surface area (TPSA) is 225 Å². The molecule has 3 aromatic carbocycles. The van der Waals surface area contributed by atoms with E-state index in [1.54, 1.807) is 36.3 Å². The van der Waals surface area contributed by atoms with Crippen LogP contribution >= 0.6 is 11.9 Å². The van der Waals surface area contributed by atoms with Crippen LogP contribution in [-0.4, -0.2) is 106 Å². The lowest BCUT2D eigenvalue weighted by Crippen LogP contribution is -2.52. The maximum absolute atomic E-state index is 14.0. The van der Waals surface area contributed by atoms with E-state index >= 15 is 0 Å². The number of carbonyl (C=O) groups excluding carboxylic acids is 5. The van der Waals surface area contributed by atoms with Crippen LogP contribution in [0.2, 0.25) is 0 Å². The summed E-state index contributed by atoms with van der Waals surface area (Å²) >= 11 is 1.34. The van der Waals surface area contributed by atoms with Gasteiger partial charge in [-0.1, -0.05) is 36.2 Å². The summed E-state index contributed by atoms with van der Waals surface area (Å²) in [5.74, 6) is -0.651. The molecule has 2 fully saturated rings. The van der Waals surface area contributed by atoms with Gasteiger partial charge in [-0.15, -0.1) is 0 Å². The number of pyridine rings is 1. The minimum Gasteiger partial charge on any atom is -0.457 e. The van der Waals surface area contributed by atoms with E-state index in [1.165, 1.54) is 16.5 Å². The molecule has 5 heterocycles. The van der Waals surface area contributed by atoms with Gasteiger partial charge in [0.1, 0.15) is 28.8 Å². The standard InChI is InChI=1S/C46H52N10O7S/c1-54-25-33(31-23-37(43(59)49-18-16-47)51-41(31)46(54)62)30-22-36(53-64-2)32(24-39(30)63-28-8-4-3-5-9-28)42(58)48-17-7-19-55-20-14-27(15-21-55)50-35-11-6-10-29-34(35)26-56(45(29)61)38-12-13-40(57)52-44(38)60/h3-6,8-11,22-25,27,38,50-51,53H,7,12-21,26,47H2,1-2H3,(H,48,58)(H,49,59)(H,52,57,60). The summed E-state index contributed by atoms with van der Waals surface area (Å²) in [6.07, 6.45) is 6.62. The second-order valence-electron chi connectivity index (χ2n) is 16.2. The number of H-pyrrole nitrogens is 1. The normalized spacial score (nSPS) is 16.7. The van der Waals surface area contributed by atoms with Crippen LogP contribution in [0.5, 0.6) is 11.5 Å². The Labute approximate surface area is 374 Å². The molecule has 0 saturated carbocycles. The summed E-state index contributed by atoms with van der Waals surface area (Å²) in [4.78, 5) is 84.8. The SMILES string of the molecule is CSNc1cc(-c2cn(C)c(=O)c3[nH]c(C(=O)NCCN)cc23)c(Oc2ccccc2)cc1C(=O)NCCCN1CCC(Nc2cccc3c2CN(C2CCC(=O)NC2=O)C3=O)CC1. The number of rotatable bonds is 16. The number of aromatic amines is 1. The number of nitrogens with two attached hydrogens (primary N) is 1. The number of nitrogens with one attached hydrogen (secondary N) is 6. The van der Waals surface area contributed by atoms with Crippen molar-refractivity contribution in [2.45, 2.75) is 50.7 Å². The summed E-state index contributed by atoms with van der Waals surface area (Å²) < 4.78 is 11.2. The van der Waals surface area contributed by atoms with Crippen molar-refractivity contribution in [2.75, 3.05) is 55.6 Å². The van der Waals surface area contributed by atoms with Crippen molar-refractivity contribution in [2.24, 2.45) is 12.8 Å². The van der Waals surface area contributed by atoms with Crippen molar-refractivity contribution in [3.63, 3.8) is 0 Å². The summed E-state index contributed by atoms with van der Waals surface area (Å²) in [7, 11) is 1.64. The molecule has 0 radical (unpaired) electrons. The van der Waals surface area contributed by atoms with Gasteiger partial charge >= 0.3 is 0 Å². The predicted octanol–water partition coefficient (Wildman–Crippen LogP) is 4.16. The van der Waals surface area contributed by atoms with Crippen LogP contribution in [0.4, 0.5) is 11.4 Å². The highest BCUT2D eigenvalue weighted by Gasteiger charge is 2.40. The number of piperidine rings is 2. The van der Waals surface area contributed by atoms with Gasteiger partial charge in [-0.2, -0.15) is 0 Å². The average Bonchev–Trinajstić information content (AvgIpc) is 3.89. The van der Waals surface area contributed by atoms with E-state index in [9.17, 15) is 28.8 Å². The molecule has 3 aliphatic heterocycles. The molecule has 0 aliphatic carbocycles. The number of carbonyl (C=O) groups is 5. The number of aromatic nitrogens is 2. The van der Waals surface area contributed by atoms with Gasteiger partial charge in [-0.05, 0) is 74.7 Å². The number of hydrogen-bond acceptors (Lipinski definition) is 12. The number of para-hydroxylation sites is 1. The van der Waals surface area contributed by atoms with E-state index < -0.39 is 11.9 Å². The number of amides is 5. The first kappa shape index (κ1) is 44.0. The fraction of sp³-hybridized carbons (Fsp3) is 0.348. The summed E-state index contributed by atoms with van der Waals surface area (Å²) in [6, 6.07) is 19.6. The molecule has 334 valence electrons. The molecule has 5 aromatic rings. The number of benzene rings is 3. The molecule has 2 saturated heterocycles.